The molecule has 0 aliphatic carbocycles. The zero-order valence-corrected chi connectivity index (χ0v) is 6.85. The summed E-state index contributed by atoms with van der Waals surface area (Å²) in [6.07, 6.45) is 0. The number of aliphatic hydroxyl groups excluding tert-OH is 5. The molecule has 0 unspecified atom stereocenters. The molecule has 5 nitrogen and oxygen atoms in total. The van der Waals surface area contributed by atoms with E-state index < -0.39 is 31.2 Å². The lowest BCUT2D eigenvalue weighted by molar-refractivity contribution is -0.0710. The number of hydrogen-bond donors (Lipinski definition) is 5. The second-order valence-corrected chi connectivity index (χ2v) is 2.90. The van der Waals surface area contributed by atoms with Gasteiger partial charge in [0.1, 0.15) is 0 Å². The predicted octanol–water partition coefficient (Wildman–Crippen LogP) is -2.45. The first kappa shape index (κ1) is 11.8. The van der Waals surface area contributed by atoms with Crippen LogP contribution in [0.1, 0.15) is 0 Å². The zero-order chi connectivity index (χ0) is 9.61. The van der Waals surface area contributed by atoms with E-state index in [1.807, 2.05) is 0 Å². The van der Waals surface area contributed by atoms with Gasteiger partial charge in [0.05, 0.1) is 19.8 Å². The van der Waals surface area contributed by atoms with Crippen molar-refractivity contribution in [2.45, 2.75) is 0 Å². The Hall–Kier alpha value is -0.200. The standard InChI is InChI=1S/C7H16O5/c8-1-6(2-9)7(3-10,4-11)5-12/h6,8-12H,1-5H2. The van der Waals surface area contributed by atoms with Crippen LogP contribution in [0, 0.1) is 11.3 Å². The van der Waals surface area contributed by atoms with Gasteiger partial charge in [-0.25, -0.2) is 0 Å². The minimum absolute atomic E-state index is 0.377. The van der Waals surface area contributed by atoms with E-state index in [0.29, 0.717) is 0 Å². The summed E-state index contributed by atoms with van der Waals surface area (Å²) in [6, 6.07) is 0. The SMILES string of the molecule is OCC(CO)C(CO)(CO)CO. The smallest absolute Gasteiger partial charge is 0.0536 e. The Labute approximate surface area is 70.9 Å². The fourth-order valence-corrected chi connectivity index (χ4v) is 0.982. The van der Waals surface area contributed by atoms with Crippen molar-refractivity contribution < 1.29 is 25.5 Å². The van der Waals surface area contributed by atoms with Crippen molar-refractivity contribution in [3.8, 4) is 0 Å². The Morgan fingerprint density at radius 1 is 0.750 bits per heavy atom. The molecular weight excluding hydrogens is 164 g/mol. The average Bonchev–Trinajstić information content (AvgIpc) is 2.14. The lowest BCUT2D eigenvalue weighted by atomic mass is 9.78. The Balaban J connectivity index is 4.42. The monoisotopic (exact) mass is 180 g/mol. The van der Waals surface area contributed by atoms with E-state index in [0.717, 1.165) is 0 Å². The van der Waals surface area contributed by atoms with Gasteiger partial charge in [-0.05, 0) is 0 Å². The van der Waals surface area contributed by atoms with E-state index in [1.165, 1.54) is 0 Å². The van der Waals surface area contributed by atoms with Crippen molar-refractivity contribution in [3.05, 3.63) is 0 Å². The molecule has 0 aromatic carbocycles. The molecule has 74 valence electrons. The summed E-state index contributed by atoms with van der Waals surface area (Å²) in [5, 5.41) is 44.1. The highest BCUT2D eigenvalue weighted by molar-refractivity contribution is 4.84. The van der Waals surface area contributed by atoms with Crippen LogP contribution < -0.4 is 0 Å². The first-order valence-corrected chi connectivity index (χ1v) is 3.75. The molecule has 0 aliphatic heterocycles. The Bertz CT molecular complexity index is 100. The molecule has 0 rings (SSSR count). The summed E-state index contributed by atoms with van der Waals surface area (Å²) in [5.41, 5.74) is -1.19. The minimum atomic E-state index is -1.19. The molecule has 0 aliphatic rings. The molecule has 0 fully saturated rings. The van der Waals surface area contributed by atoms with Crippen molar-refractivity contribution in [1.29, 1.82) is 0 Å². The van der Waals surface area contributed by atoms with Crippen LogP contribution in [0.3, 0.4) is 0 Å². The summed E-state index contributed by atoms with van der Waals surface area (Å²) >= 11 is 0. The summed E-state index contributed by atoms with van der Waals surface area (Å²) in [4.78, 5) is 0. The van der Waals surface area contributed by atoms with Crippen LogP contribution in [0.5, 0.6) is 0 Å². The van der Waals surface area contributed by atoms with Crippen LogP contribution in [0.4, 0.5) is 0 Å². The highest BCUT2D eigenvalue weighted by Gasteiger charge is 2.36. The number of aliphatic hydroxyl groups is 5. The lowest BCUT2D eigenvalue weighted by Gasteiger charge is -2.33. The fourth-order valence-electron chi connectivity index (χ4n) is 0.982. The van der Waals surface area contributed by atoms with Gasteiger partial charge < -0.3 is 25.5 Å². The largest absolute Gasteiger partial charge is 0.396 e. The van der Waals surface area contributed by atoms with Crippen LogP contribution in [0.2, 0.25) is 0 Å². The topological polar surface area (TPSA) is 101 Å². The summed E-state index contributed by atoms with van der Waals surface area (Å²) in [5.74, 6) is -0.697. The van der Waals surface area contributed by atoms with Gasteiger partial charge >= 0.3 is 0 Å². The molecule has 0 radical (unpaired) electrons. The van der Waals surface area contributed by atoms with E-state index in [-0.39, 0.29) is 13.2 Å². The molecule has 0 spiro atoms. The van der Waals surface area contributed by atoms with Gasteiger partial charge in [-0.15, -0.1) is 0 Å². The molecule has 0 atom stereocenters. The van der Waals surface area contributed by atoms with Crippen LogP contribution >= 0.6 is 0 Å². The molecule has 5 N–H and O–H groups in total. The van der Waals surface area contributed by atoms with Crippen LogP contribution in [0.25, 0.3) is 0 Å². The van der Waals surface area contributed by atoms with E-state index in [4.69, 9.17) is 25.5 Å². The van der Waals surface area contributed by atoms with Gasteiger partial charge in [-0.3, -0.25) is 0 Å². The third kappa shape index (κ3) is 2.15. The normalized spacial score (nSPS) is 12.5. The van der Waals surface area contributed by atoms with Gasteiger partial charge in [0.15, 0.2) is 0 Å². The van der Waals surface area contributed by atoms with Crippen molar-refractivity contribution >= 4 is 0 Å². The van der Waals surface area contributed by atoms with Crippen molar-refractivity contribution in [3.63, 3.8) is 0 Å². The van der Waals surface area contributed by atoms with Gasteiger partial charge in [0, 0.05) is 24.5 Å². The zero-order valence-electron chi connectivity index (χ0n) is 6.85. The maximum Gasteiger partial charge on any atom is 0.0536 e. The first-order chi connectivity index (χ1) is 5.70. The molecule has 0 saturated heterocycles. The lowest BCUT2D eigenvalue weighted by Crippen LogP contribution is -2.44. The number of hydrogen-bond acceptors (Lipinski definition) is 5. The maximum absolute atomic E-state index is 8.87. The van der Waals surface area contributed by atoms with Gasteiger partial charge in [0.25, 0.3) is 0 Å². The van der Waals surface area contributed by atoms with Crippen molar-refractivity contribution in [2.75, 3.05) is 33.0 Å². The highest BCUT2D eigenvalue weighted by atomic mass is 16.3. The molecule has 0 saturated carbocycles. The van der Waals surface area contributed by atoms with Crippen molar-refractivity contribution in [1.82, 2.24) is 0 Å². The Morgan fingerprint density at radius 3 is 1.17 bits per heavy atom. The third-order valence-electron chi connectivity index (χ3n) is 2.25. The summed E-state index contributed by atoms with van der Waals surface area (Å²) in [7, 11) is 0. The second-order valence-electron chi connectivity index (χ2n) is 2.90. The molecular formula is C7H16O5. The van der Waals surface area contributed by atoms with Gasteiger partial charge in [0.2, 0.25) is 0 Å². The maximum atomic E-state index is 8.87. The van der Waals surface area contributed by atoms with E-state index in [2.05, 4.69) is 0 Å². The van der Waals surface area contributed by atoms with Crippen LogP contribution in [-0.2, 0) is 0 Å². The minimum Gasteiger partial charge on any atom is -0.396 e. The van der Waals surface area contributed by atoms with Gasteiger partial charge in [-0.2, -0.15) is 0 Å². The molecule has 0 aromatic rings. The van der Waals surface area contributed by atoms with E-state index >= 15 is 0 Å². The summed E-state index contributed by atoms with van der Waals surface area (Å²) in [6.45, 7) is -2.15. The molecule has 0 aromatic heterocycles. The second kappa shape index (κ2) is 5.45. The Kier molecular flexibility index (Phi) is 5.36. The number of rotatable bonds is 6. The average molecular weight is 180 g/mol. The molecule has 12 heavy (non-hydrogen) atoms. The summed E-state index contributed by atoms with van der Waals surface area (Å²) < 4.78 is 0. The fraction of sp³-hybridized carbons (Fsp3) is 1.00. The quantitative estimate of drug-likeness (QED) is 0.312. The highest BCUT2D eigenvalue weighted by Crippen LogP contribution is 2.25. The predicted molar refractivity (Wildman–Crippen MR) is 41.4 cm³/mol. The molecule has 0 heterocycles. The van der Waals surface area contributed by atoms with E-state index in [9.17, 15) is 0 Å². The molecule has 0 bridgehead atoms. The molecule has 0 amide bonds. The third-order valence-corrected chi connectivity index (χ3v) is 2.25. The Morgan fingerprint density at radius 2 is 1.08 bits per heavy atom. The van der Waals surface area contributed by atoms with Crippen LogP contribution in [0.15, 0.2) is 0 Å². The van der Waals surface area contributed by atoms with E-state index in [1.54, 1.807) is 0 Å². The van der Waals surface area contributed by atoms with Crippen molar-refractivity contribution in [2.24, 2.45) is 11.3 Å². The molecule has 5 heteroatoms. The van der Waals surface area contributed by atoms with Gasteiger partial charge in [-0.1, -0.05) is 0 Å². The van der Waals surface area contributed by atoms with Crippen LogP contribution in [-0.4, -0.2) is 58.6 Å². The first-order valence-electron chi connectivity index (χ1n) is 3.75.